The predicted molar refractivity (Wildman–Crippen MR) is 98.9 cm³/mol. The third kappa shape index (κ3) is 4.10. The summed E-state index contributed by atoms with van der Waals surface area (Å²) in [5, 5.41) is 4.16. The molecule has 1 aliphatic carbocycles. The molecule has 2 N–H and O–H groups in total. The summed E-state index contributed by atoms with van der Waals surface area (Å²) in [5.74, 6) is 1.29. The highest BCUT2D eigenvalue weighted by Gasteiger charge is 2.38. The standard InChI is InChI=1S/C16H20BrN3OS.ClH/c1-15(2,22-12-7-5-11(17)6-8-12)14-19-13(20-21-14)16(18)9-3-4-10-16;/h5-8H,3-4,9-10,18H2,1-2H3;1H. The first kappa shape index (κ1) is 18.8. The first-order chi connectivity index (χ1) is 10.4. The van der Waals surface area contributed by atoms with E-state index in [2.05, 4.69) is 52.1 Å². The van der Waals surface area contributed by atoms with E-state index in [-0.39, 0.29) is 17.2 Å². The van der Waals surface area contributed by atoms with Crippen molar-refractivity contribution in [2.45, 2.75) is 54.7 Å². The smallest absolute Gasteiger partial charge is 0.242 e. The molecule has 1 heterocycles. The maximum atomic E-state index is 6.41. The summed E-state index contributed by atoms with van der Waals surface area (Å²) < 4.78 is 6.30. The maximum Gasteiger partial charge on any atom is 0.242 e. The van der Waals surface area contributed by atoms with Crippen LogP contribution in [0.25, 0.3) is 0 Å². The van der Waals surface area contributed by atoms with E-state index in [0.717, 1.165) is 35.1 Å². The number of nitrogens with two attached hydrogens (primary N) is 1. The lowest BCUT2D eigenvalue weighted by molar-refractivity contribution is 0.334. The second kappa shape index (κ2) is 7.13. The van der Waals surface area contributed by atoms with Gasteiger partial charge in [-0.1, -0.05) is 33.9 Å². The molecule has 0 saturated heterocycles. The van der Waals surface area contributed by atoms with E-state index in [1.54, 1.807) is 11.8 Å². The molecular weight excluding hydrogens is 398 g/mol. The van der Waals surface area contributed by atoms with E-state index < -0.39 is 5.54 Å². The number of nitrogens with zero attached hydrogens (tertiary/aromatic N) is 2. The van der Waals surface area contributed by atoms with Crippen LogP contribution in [0.2, 0.25) is 0 Å². The Hall–Kier alpha value is -0.560. The minimum absolute atomic E-state index is 0. The largest absolute Gasteiger partial charge is 0.338 e. The van der Waals surface area contributed by atoms with Crippen LogP contribution in [-0.4, -0.2) is 10.1 Å². The molecule has 0 aliphatic heterocycles. The molecular formula is C16H21BrClN3OS. The zero-order chi connectivity index (χ0) is 15.8. The first-order valence-electron chi connectivity index (χ1n) is 7.47. The summed E-state index contributed by atoms with van der Waals surface area (Å²) in [6.45, 7) is 4.18. The molecule has 7 heteroatoms. The average molecular weight is 419 g/mol. The Bertz CT molecular complexity index is 654. The summed E-state index contributed by atoms with van der Waals surface area (Å²) in [5.41, 5.74) is 6.01. The molecule has 126 valence electrons. The fraction of sp³-hybridized carbons (Fsp3) is 0.500. The van der Waals surface area contributed by atoms with Gasteiger partial charge in [0.05, 0.1) is 10.3 Å². The molecule has 0 atom stereocenters. The van der Waals surface area contributed by atoms with E-state index in [1.807, 2.05) is 12.1 Å². The van der Waals surface area contributed by atoms with Crippen LogP contribution >= 0.6 is 40.1 Å². The molecule has 1 fully saturated rings. The van der Waals surface area contributed by atoms with Gasteiger partial charge in [-0.05, 0) is 51.0 Å². The van der Waals surface area contributed by atoms with Crippen molar-refractivity contribution in [1.29, 1.82) is 0 Å². The topological polar surface area (TPSA) is 64.9 Å². The highest BCUT2D eigenvalue weighted by atomic mass is 79.9. The van der Waals surface area contributed by atoms with Crippen molar-refractivity contribution in [3.63, 3.8) is 0 Å². The third-order valence-corrected chi connectivity index (χ3v) is 5.79. The van der Waals surface area contributed by atoms with Gasteiger partial charge in [-0.2, -0.15) is 4.98 Å². The molecule has 3 rings (SSSR count). The molecule has 4 nitrogen and oxygen atoms in total. The Labute approximate surface area is 155 Å². The quantitative estimate of drug-likeness (QED) is 0.707. The van der Waals surface area contributed by atoms with Crippen LogP contribution in [0.1, 0.15) is 51.2 Å². The lowest BCUT2D eigenvalue weighted by Crippen LogP contribution is -2.34. The molecule has 1 aliphatic rings. The fourth-order valence-electron chi connectivity index (χ4n) is 2.74. The highest BCUT2D eigenvalue weighted by molar-refractivity contribution is 9.10. The van der Waals surface area contributed by atoms with Crippen LogP contribution in [-0.2, 0) is 10.3 Å². The summed E-state index contributed by atoms with van der Waals surface area (Å²) in [6.07, 6.45) is 4.15. The van der Waals surface area contributed by atoms with E-state index in [9.17, 15) is 0 Å². The number of hydrogen-bond donors (Lipinski definition) is 1. The van der Waals surface area contributed by atoms with Crippen LogP contribution in [0.5, 0.6) is 0 Å². The number of hydrogen-bond acceptors (Lipinski definition) is 5. The van der Waals surface area contributed by atoms with E-state index >= 15 is 0 Å². The number of benzene rings is 1. The van der Waals surface area contributed by atoms with E-state index in [4.69, 9.17) is 10.3 Å². The van der Waals surface area contributed by atoms with E-state index in [1.165, 1.54) is 0 Å². The SMILES string of the molecule is CC(C)(Sc1ccc(Br)cc1)c1nc(C2(N)CCCC2)no1.Cl. The van der Waals surface area contributed by atoms with Gasteiger partial charge in [0.2, 0.25) is 5.89 Å². The molecule has 1 aromatic carbocycles. The number of rotatable bonds is 4. The van der Waals surface area contributed by atoms with Gasteiger partial charge in [0, 0.05) is 9.37 Å². The van der Waals surface area contributed by atoms with Gasteiger partial charge in [0.1, 0.15) is 0 Å². The Kier molecular flexibility index (Phi) is 5.82. The highest BCUT2D eigenvalue weighted by Crippen LogP contribution is 2.42. The second-order valence-electron chi connectivity index (χ2n) is 6.35. The molecule has 0 amide bonds. The molecule has 1 aromatic heterocycles. The average Bonchev–Trinajstić information content (AvgIpc) is 3.11. The van der Waals surface area contributed by atoms with Gasteiger partial charge < -0.3 is 10.3 Å². The van der Waals surface area contributed by atoms with Gasteiger partial charge in [-0.15, -0.1) is 24.2 Å². The fourth-order valence-corrected chi connectivity index (χ4v) is 4.04. The predicted octanol–water partition coefficient (Wildman–Crippen LogP) is 5.01. The lowest BCUT2D eigenvalue weighted by atomic mass is 9.98. The van der Waals surface area contributed by atoms with Gasteiger partial charge in [-0.25, -0.2) is 0 Å². The summed E-state index contributed by atoms with van der Waals surface area (Å²) in [6, 6.07) is 8.22. The van der Waals surface area contributed by atoms with Crippen molar-refractivity contribution in [3.8, 4) is 0 Å². The summed E-state index contributed by atoms with van der Waals surface area (Å²) in [4.78, 5) is 5.78. The van der Waals surface area contributed by atoms with Gasteiger partial charge >= 0.3 is 0 Å². The van der Waals surface area contributed by atoms with Crippen molar-refractivity contribution >= 4 is 40.1 Å². The number of halogens is 2. The van der Waals surface area contributed by atoms with Crippen LogP contribution in [0.4, 0.5) is 0 Å². The summed E-state index contributed by atoms with van der Waals surface area (Å²) >= 11 is 5.16. The Morgan fingerprint density at radius 1 is 1.22 bits per heavy atom. The second-order valence-corrected chi connectivity index (χ2v) is 8.96. The molecule has 23 heavy (non-hydrogen) atoms. The Morgan fingerprint density at radius 3 is 2.43 bits per heavy atom. The van der Waals surface area contributed by atoms with Crippen molar-refractivity contribution in [2.75, 3.05) is 0 Å². The van der Waals surface area contributed by atoms with Crippen LogP contribution in [0.3, 0.4) is 0 Å². The molecule has 0 unspecified atom stereocenters. The van der Waals surface area contributed by atoms with Crippen molar-refractivity contribution in [2.24, 2.45) is 5.73 Å². The normalized spacial score (nSPS) is 17.0. The van der Waals surface area contributed by atoms with Crippen molar-refractivity contribution in [1.82, 2.24) is 10.1 Å². The minimum Gasteiger partial charge on any atom is -0.338 e. The number of thioether (sulfide) groups is 1. The molecule has 1 saturated carbocycles. The zero-order valence-corrected chi connectivity index (χ0v) is 16.4. The summed E-state index contributed by atoms with van der Waals surface area (Å²) in [7, 11) is 0. The van der Waals surface area contributed by atoms with Gasteiger partial charge in [0.25, 0.3) is 0 Å². The minimum atomic E-state index is -0.403. The third-order valence-electron chi connectivity index (χ3n) is 4.07. The zero-order valence-electron chi connectivity index (χ0n) is 13.2. The van der Waals surface area contributed by atoms with Crippen LogP contribution in [0, 0.1) is 0 Å². The van der Waals surface area contributed by atoms with Crippen molar-refractivity contribution in [3.05, 3.63) is 40.5 Å². The van der Waals surface area contributed by atoms with Crippen LogP contribution in [0.15, 0.2) is 38.2 Å². The maximum absolute atomic E-state index is 6.41. The molecule has 0 spiro atoms. The first-order valence-corrected chi connectivity index (χ1v) is 9.08. The van der Waals surface area contributed by atoms with Crippen molar-refractivity contribution < 1.29 is 4.52 Å². The monoisotopic (exact) mass is 417 g/mol. The number of aromatic nitrogens is 2. The van der Waals surface area contributed by atoms with Gasteiger partial charge in [0.15, 0.2) is 5.82 Å². The molecule has 0 bridgehead atoms. The van der Waals surface area contributed by atoms with E-state index in [0.29, 0.717) is 11.7 Å². The lowest BCUT2D eigenvalue weighted by Gasteiger charge is -2.20. The molecule has 2 aromatic rings. The van der Waals surface area contributed by atoms with Gasteiger partial charge in [-0.3, -0.25) is 0 Å². The van der Waals surface area contributed by atoms with Crippen LogP contribution < -0.4 is 5.73 Å². The Balaban J connectivity index is 0.00000192. The molecule has 0 radical (unpaired) electrons. The Morgan fingerprint density at radius 2 is 1.83 bits per heavy atom.